The van der Waals surface area contributed by atoms with Gasteiger partial charge in [0.05, 0.1) is 6.42 Å². The largest absolute Gasteiger partial charge is 0.351 e. The minimum atomic E-state index is -1.09. The lowest BCUT2D eigenvalue weighted by atomic mass is 10.0. The number of carbonyl (C=O) groups excluding carboxylic acids is 2. The van der Waals surface area contributed by atoms with E-state index in [4.69, 9.17) is 0 Å². The van der Waals surface area contributed by atoms with E-state index in [1.807, 2.05) is 48.7 Å². The molecule has 2 aromatic carbocycles. The summed E-state index contributed by atoms with van der Waals surface area (Å²) >= 11 is 1.49. The first kappa shape index (κ1) is 22.2. The Morgan fingerprint density at radius 3 is 2.44 bits per heavy atom. The molecule has 1 fully saturated rings. The first-order valence-corrected chi connectivity index (χ1v) is 11.9. The van der Waals surface area contributed by atoms with Gasteiger partial charge in [0, 0.05) is 22.2 Å². The summed E-state index contributed by atoms with van der Waals surface area (Å²) in [4.78, 5) is 29.5. The van der Waals surface area contributed by atoms with E-state index in [0.717, 1.165) is 36.1 Å². The van der Waals surface area contributed by atoms with Crippen LogP contribution in [0, 0.1) is 12.7 Å². The third-order valence-electron chi connectivity index (χ3n) is 5.89. The Hall–Kier alpha value is -2.99. The summed E-state index contributed by atoms with van der Waals surface area (Å²) in [5.41, 5.74) is 1.81. The molecule has 0 radical (unpaired) electrons. The molecule has 166 valence electrons. The molecule has 0 bridgehead atoms. The van der Waals surface area contributed by atoms with Crippen LogP contribution in [-0.4, -0.2) is 17.9 Å². The zero-order valence-electron chi connectivity index (χ0n) is 18.1. The zero-order valence-corrected chi connectivity index (χ0v) is 18.9. The van der Waals surface area contributed by atoms with Crippen LogP contribution in [0.25, 0.3) is 0 Å². The summed E-state index contributed by atoms with van der Waals surface area (Å²) in [5.74, 6) is -1.09. The van der Waals surface area contributed by atoms with Gasteiger partial charge in [-0.25, -0.2) is 4.39 Å². The first-order valence-electron chi connectivity index (χ1n) is 11.0. The molecule has 4 rings (SSSR count). The van der Waals surface area contributed by atoms with Crippen LogP contribution in [0.2, 0.25) is 0 Å². The number of amides is 2. The molecule has 1 aliphatic carbocycles. The van der Waals surface area contributed by atoms with Gasteiger partial charge in [-0.15, -0.1) is 11.3 Å². The number of benzene rings is 2. The Bertz CT molecular complexity index is 1060. The number of nitrogens with zero attached hydrogens (tertiary/aromatic N) is 1. The van der Waals surface area contributed by atoms with Crippen LogP contribution in [0.5, 0.6) is 0 Å². The highest BCUT2D eigenvalue weighted by Crippen LogP contribution is 2.32. The molecule has 0 unspecified atom stereocenters. The maximum atomic E-state index is 15.0. The third kappa shape index (κ3) is 5.07. The van der Waals surface area contributed by atoms with E-state index in [1.54, 1.807) is 18.2 Å². The van der Waals surface area contributed by atoms with Gasteiger partial charge >= 0.3 is 0 Å². The van der Waals surface area contributed by atoms with Crippen LogP contribution < -0.4 is 10.2 Å². The summed E-state index contributed by atoms with van der Waals surface area (Å²) < 4.78 is 15.0. The minimum absolute atomic E-state index is 0.0593. The van der Waals surface area contributed by atoms with Crippen LogP contribution in [0.1, 0.15) is 47.7 Å². The highest BCUT2D eigenvalue weighted by atomic mass is 32.1. The molecule has 1 aliphatic rings. The molecule has 6 heteroatoms. The van der Waals surface area contributed by atoms with Crippen molar-refractivity contribution in [2.45, 2.75) is 51.1 Å². The fourth-order valence-electron chi connectivity index (χ4n) is 4.23. The Morgan fingerprint density at radius 2 is 1.78 bits per heavy atom. The molecule has 2 amide bonds. The smallest absolute Gasteiger partial charge is 0.248 e. The molecular formula is C26H27FN2O2S. The van der Waals surface area contributed by atoms with Crippen LogP contribution in [0.3, 0.4) is 0 Å². The van der Waals surface area contributed by atoms with Crippen LogP contribution in [0.15, 0.2) is 66.0 Å². The van der Waals surface area contributed by atoms with E-state index < -0.39 is 11.9 Å². The molecular weight excluding hydrogens is 423 g/mol. The van der Waals surface area contributed by atoms with Gasteiger partial charge in [-0.2, -0.15) is 0 Å². The van der Waals surface area contributed by atoms with Crippen molar-refractivity contribution in [3.63, 3.8) is 0 Å². The van der Waals surface area contributed by atoms with Gasteiger partial charge < -0.3 is 5.32 Å². The Labute approximate surface area is 192 Å². The van der Waals surface area contributed by atoms with Crippen LogP contribution in [0.4, 0.5) is 10.1 Å². The lowest BCUT2D eigenvalue weighted by Gasteiger charge is -2.32. The van der Waals surface area contributed by atoms with Crippen molar-refractivity contribution >= 4 is 28.8 Å². The average molecular weight is 451 g/mol. The number of rotatable bonds is 7. The number of anilines is 1. The number of nitrogens with one attached hydrogen (secondary N) is 1. The number of carbonyl (C=O) groups is 2. The first-order chi connectivity index (χ1) is 15.5. The monoisotopic (exact) mass is 450 g/mol. The van der Waals surface area contributed by atoms with Crippen LogP contribution >= 0.6 is 11.3 Å². The second kappa shape index (κ2) is 10.1. The van der Waals surface area contributed by atoms with Gasteiger partial charge in [0.15, 0.2) is 0 Å². The van der Waals surface area contributed by atoms with Gasteiger partial charge in [-0.05, 0) is 49.4 Å². The van der Waals surface area contributed by atoms with E-state index in [1.165, 1.54) is 22.3 Å². The van der Waals surface area contributed by atoms with Crippen molar-refractivity contribution in [3.05, 3.63) is 87.9 Å². The molecule has 1 heterocycles. The molecule has 3 aromatic rings. The Balaban J connectivity index is 1.77. The third-order valence-corrected chi connectivity index (χ3v) is 6.77. The summed E-state index contributed by atoms with van der Waals surface area (Å²) in [5, 5.41) is 5.00. The van der Waals surface area contributed by atoms with Crippen molar-refractivity contribution in [3.8, 4) is 0 Å². The normalized spacial score (nSPS) is 14.8. The number of hydrogen-bond acceptors (Lipinski definition) is 3. The number of hydrogen-bond donors (Lipinski definition) is 1. The van der Waals surface area contributed by atoms with Crippen molar-refractivity contribution in [2.24, 2.45) is 0 Å². The molecule has 0 saturated heterocycles. The van der Waals surface area contributed by atoms with Crippen molar-refractivity contribution in [1.29, 1.82) is 0 Å². The number of aryl methyl sites for hydroxylation is 1. The summed E-state index contributed by atoms with van der Waals surface area (Å²) in [6.07, 6.45) is 4.09. The Kier molecular flexibility index (Phi) is 7.00. The number of halogens is 1. The summed E-state index contributed by atoms with van der Waals surface area (Å²) in [6, 6.07) is 16.4. The lowest BCUT2D eigenvalue weighted by molar-refractivity contribution is -0.127. The highest BCUT2D eigenvalue weighted by molar-refractivity contribution is 7.10. The maximum Gasteiger partial charge on any atom is 0.248 e. The van der Waals surface area contributed by atoms with Gasteiger partial charge in [0.2, 0.25) is 11.8 Å². The predicted molar refractivity (Wildman–Crippen MR) is 126 cm³/mol. The second-order valence-corrected chi connectivity index (χ2v) is 9.30. The molecule has 0 spiro atoms. The lowest BCUT2D eigenvalue weighted by Crippen LogP contribution is -2.47. The summed E-state index contributed by atoms with van der Waals surface area (Å²) in [6.45, 7) is 1.96. The maximum absolute atomic E-state index is 15.0. The van der Waals surface area contributed by atoms with Crippen LogP contribution in [-0.2, 0) is 16.0 Å². The summed E-state index contributed by atoms with van der Waals surface area (Å²) in [7, 11) is 0. The van der Waals surface area contributed by atoms with Gasteiger partial charge in [0.1, 0.15) is 11.9 Å². The molecule has 1 aromatic heterocycles. The predicted octanol–water partition coefficient (Wildman–Crippen LogP) is 5.57. The fraction of sp³-hybridized carbons (Fsp3) is 0.308. The van der Waals surface area contributed by atoms with E-state index in [2.05, 4.69) is 5.32 Å². The average Bonchev–Trinajstić information content (AvgIpc) is 3.48. The topological polar surface area (TPSA) is 49.4 Å². The molecule has 1 atom stereocenters. The Morgan fingerprint density at radius 1 is 1.06 bits per heavy atom. The van der Waals surface area contributed by atoms with Crippen molar-refractivity contribution < 1.29 is 14.0 Å². The van der Waals surface area contributed by atoms with Crippen molar-refractivity contribution in [2.75, 3.05) is 4.90 Å². The van der Waals surface area contributed by atoms with E-state index in [-0.39, 0.29) is 29.8 Å². The molecule has 1 N–H and O–H groups in total. The number of thiophene rings is 1. The quantitative estimate of drug-likeness (QED) is 0.511. The van der Waals surface area contributed by atoms with Crippen molar-refractivity contribution in [1.82, 2.24) is 5.32 Å². The fourth-order valence-corrected chi connectivity index (χ4v) is 4.93. The zero-order chi connectivity index (χ0) is 22.5. The SMILES string of the molecule is Cc1ccc(N(C(=O)Cc2cccs2)[C@H](C(=O)NC2CCCC2)c2ccccc2F)cc1. The van der Waals surface area contributed by atoms with Gasteiger partial charge in [-0.3, -0.25) is 14.5 Å². The molecule has 4 nitrogen and oxygen atoms in total. The van der Waals surface area contributed by atoms with Gasteiger partial charge in [0.25, 0.3) is 0 Å². The van der Waals surface area contributed by atoms with E-state index in [0.29, 0.717) is 5.69 Å². The molecule has 1 saturated carbocycles. The second-order valence-electron chi connectivity index (χ2n) is 8.27. The molecule has 0 aliphatic heterocycles. The minimum Gasteiger partial charge on any atom is -0.351 e. The molecule has 32 heavy (non-hydrogen) atoms. The standard InChI is InChI=1S/C26H27FN2O2S/c1-18-12-14-20(15-13-18)29(24(30)17-21-9-6-16-32-21)25(22-10-4-5-11-23(22)27)26(31)28-19-7-2-3-8-19/h4-6,9-16,19,25H,2-3,7-8,17H2,1H3,(H,28,31)/t25-/m0/s1. The van der Waals surface area contributed by atoms with Gasteiger partial charge in [-0.1, -0.05) is 54.8 Å². The van der Waals surface area contributed by atoms with E-state index >= 15 is 0 Å². The highest BCUT2D eigenvalue weighted by Gasteiger charge is 2.35. The van der Waals surface area contributed by atoms with E-state index in [9.17, 15) is 14.0 Å².